The van der Waals surface area contributed by atoms with E-state index >= 15 is 0 Å². The number of rotatable bonds is 5. The number of hydrogen-bond acceptors (Lipinski definition) is 4. The standard InChI is InChI=1S/C15H20BrN5O.HI/c1-4-17-15(18-9-14-19-11(2)20-22-14)21(3)10-12-7-5-6-8-13(12)16;/h5-8H,4,9-10H2,1-3H3,(H,17,18);1H. The van der Waals surface area contributed by atoms with E-state index in [1.165, 1.54) is 5.56 Å². The van der Waals surface area contributed by atoms with Crippen LogP contribution in [0.25, 0.3) is 0 Å². The SMILES string of the molecule is CCNC(=NCc1nc(C)no1)N(C)Cc1ccccc1Br.I. The highest BCUT2D eigenvalue weighted by molar-refractivity contribution is 14.0. The molecule has 0 unspecified atom stereocenters. The minimum Gasteiger partial charge on any atom is -0.357 e. The molecular weight excluding hydrogens is 473 g/mol. The van der Waals surface area contributed by atoms with Crippen LogP contribution in [0.5, 0.6) is 0 Å². The molecule has 1 heterocycles. The van der Waals surface area contributed by atoms with Crippen molar-refractivity contribution in [3.05, 3.63) is 46.0 Å². The summed E-state index contributed by atoms with van der Waals surface area (Å²) in [5.41, 5.74) is 1.20. The van der Waals surface area contributed by atoms with E-state index in [0.29, 0.717) is 18.3 Å². The zero-order valence-electron chi connectivity index (χ0n) is 13.4. The summed E-state index contributed by atoms with van der Waals surface area (Å²) in [6.45, 7) is 5.74. The van der Waals surface area contributed by atoms with Gasteiger partial charge in [0, 0.05) is 24.6 Å². The number of nitrogens with one attached hydrogen (secondary N) is 1. The van der Waals surface area contributed by atoms with Crippen LogP contribution in [0.3, 0.4) is 0 Å². The van der Waals surface area contributed by atoms with Crippen molar-refractivity contribution in [3.63, 3.8) is 0 Å². The summed E-state index contributed by atoms with van der Waals surface area (Å²) in [6.07, 6.45) is 0. The second kappa shape index (κ2) is 9.86. The molecule has 8 heteroatoms. The van der Waals surface area contributed by atoms with E-state index in [1.807, 2.05) is 32.2 Å². The Morgan fingerprint density at radius 3 is 2.74 bits per heavy atom. The van der Waals surface area contributed by atoms with E-state index in [-0.39, 0.29) is 24.0 Å². The molecule has 0 radical (unpaired) electrons. The first kappa shape index (κ1) is 19.9. The number of hydrogen-bond donors (Lipinski definition) is 1. The monoisotopic (exact) mass is 493 g/mol. The smallest absolute Gasteiger partial charge is 0.248 e. The predicted octanol–water partition coefficient (Wildman–Crippen LogP) is 3.36. The van der Waals surface area contributed by atoms with Crippen LogP contribution in [-0.2, 0) is 13.1 Å². The van der Waals surface area contributed by atoms with Crippen molar-refractivity contribution in [2.24, 2.45) is 4.99 Å². The number of guanidine groups is 1. The zero-order valence-corrected chi connectivity index (χ0v) is 17.3. The van der Waals surface area contributed by atoms with Crippen LogP contribution >= 0.6 is 39.9 Å². The highest BCUT2D eigenvalue weighted by atomic mass is 127. The fourth-order valence-electron chi connectivity index (χ4n) is 1.97. The van der Waals surface area contributed by atoms with Gasteiger partial charge in [-0.15, -0.1) is 24.0 Å². The van der Waals surface area contributed by atoms with Crippen LogP contribution in [0.2, 0.25) is 0 Å². The van der Waals surface area contributed by atoms with E-state index in [9.17, 15) is 0 Å². The quantitative estimate of drug-likeness (QED) is 0.393. The van der Waals surface area contributed by atoms with Gasteiger partial charge in [0.1, 0.15) is 6.54 Å². The molecule has 0 saturated carbocycles. The number of aliphatic imine (C=N–C) groups is 1. The van der Waals surface area contributed by atoms with E-state index in [4.69, 9.17) is 4.52 Å². The van der Waals surface area contributed by atoms with Crippen molar-refractivity contribution < 1.29 is 4.52 Å². The van der Waals surface area contributed by atoms with Crippen molar-refractivity contribution >= 4 is 45.9 Å². The summed E-state index contributed by atoms with van der Waals surface area (Å²) in [7, 11) is 2.00. The fraction of sp³-hybridized carbons (Fsp3) is 0.400. The van der Waals surface area contributed by atoms with Crippen LogP contribution in [-0.4, -0.2) is 34.6 Å². The Kier molecular flexibility index (Phi) is 8.53. The summed E-state index contributed by atoms with van der Waals surface area (Å²) < 4.78 is 6.18. The number of halogens is 2. The summed E-state index contributed by atoms with van der Waals surface area (Å²) in [5.74, 6) is 1.94. The third-order valence-corrected chi connectivity index (χ3v) is 3.77. The second-order valence-electron chi connectivity index (χ2n) is 4.85. The lowest BCUT2D eigenvalue weighted by atomic mass is 10.2. The first-order chi connectivity index (χ1) is 10.6. The molecule has 0 amide bonds. The van der Waals surface area contributed by atoms with Crippen molar-refractivity contribution in [2.75, 3.05) is 13.6 Å². The number of aryl methyl sites for hydroxylation is 1. The first-order valence-electron chi connectivity index (χ1n) is 7.12. The average Bonchev–Trinajstić information content (AvgIpc) is 2.91. The maximum absolute atomic E-state index is 5.09. The first-order valence-corrected chi connectivity index (χ1v) is 7.91. The molecule has 6 nitrogen and oxygen atoms in total. The van der Waals surface area contributed by atoms with Gasteiger partial charge >= 0.3 is 0 Å². The molecule has 1 N–H and O–H groups in total. The molecule has 126 valence electrons. The van der Waals surface area contributed by atoms with Crippen LogP contribution in [0.15, 0.2) is 38.3 Å². The Bertz CT molecular complexity index is 646. The van der Waals surface area contributed by atoms with Crippen molar-refractivity contribution in [2.45, 2.75) is 26.9 Å². The minimum absolute atomic E-state index is 0. The molecule has 0 fully saturated rings. The van der Waals surface area contributed by atoms with E-state index < -0.39 is 0 Å². The van der Waals surface area contributed by atoms with Crippen LogP contribution in [0.1, 0.15) is 24.2 Å². The van der Waals surface area contributed by atoms with Gasteiger partial charge in [0.2, 0.25) is 5.89 Å². The van der Waals surface area contributed by atoms with Crippen LogP contribution in [0.4, 0.5) is 0 Å². The largest absolute Gasteiger partial charge is 0.357 e. The van der Waals surface area contributed by atoms with Crippen molar-refractivity contribution in [1.29, 1.82) is 0 Å². The maximum Gasteiger partial charge on any atom is 0.248 e. The van der Waals surface area contributed by atoms with Gasteiger partial charge < -0.3 is 14.7 Å². The van der Waals surface area contributed by atoms with Gasteiger partial charge in [-0.1, -0.05) is 39.3 Å². The van der Waals surface area contributed by atoms with Gasteiger partial charge in [-0.2, -0.15) is 4.98 Å². The van der Waals surface area contributed by atoms with Gasteiger partial charge in [-0.3, -0.25) is 0 Å². The molecule has 0 aliphatic rings. The molecule has 0 bridgehead atoms. The Morgan fingerprint density at radius 2 is 2.13 bits per heavy atom. The summed E-state index contributed by atoms with van der Waals surface area (Å²) in [4.78, 5) is 10.8. The Hall–Kier alpha value is -1.16. The highest BCUT2D eigenvalue weighted by Crippen LogP contribution is 2.17. The molecule has 0 aliphatic heterocycles. The molecule has 2 aromatic rings. The molecule has 0 aliphatic carbocycles. The van der Waals surface area contributed by atoms with E-state index in [0.717, 1.165) is 23.5 Å². The third-order valence-electron chi connectivity index (χ3n) is 3.00. The van der Waals surface area contributed by atoms with Crippen LogP contribution in [0, 0.1) is 6.92 Å². The molecule has 1 aromatic heterocycles. The van der Waals surface area contributed by atoms with Gasteiger partial charge in [0.05, 0.1) is 0 Å². The zero-order chi connectivity index (χ0) is 15.9. The highest BCUT2D eigenvalue weighted by Gasteiger charge is 2.09. The topological polar surface area (TPSA) is 66.5 Å². The lowest BCUT2D eigenvalue weighted by Crippen LogP contribution is -2.38. The second-order valence-corrected chi connectivity index (χ2v) is 5.71. The maximum atomic E-state index is 5.09. The normalized spacial score (nSPS) is 11.0. The fourth-order valence-corrected chi connectivity index (χ4v) is 2.38. The van der Waals surface area contributed by atoms with Crippen LogP contribution < -0.4 is 5.32 Å². The minimum atomic E-state index is 0. The van der Waals surface area contributed by atoms with Gasteiger partial charge in [-0.05, 0) is 25.5 Å². The molecule has 0 atom stereocenters. The Labute approximate surface area is 161 Å². The Balaban J connectivity index is 0.00000264. The average molecular weight is 494 g/mol. The summed E-state index contributed by atoms with van der Waals surface area (Å²) in [6, 6.07) is 8.16. The molecular formula is C15H21BrIN5O. The van der Waals surface area contributed by atoms with Gasteiger partial charge in [0.25, 0.3) is 0 Å². The van der Waals surface area contributed by atoms with E-state index in [1.54, 1.807) is 6.92 Å². The third kappa shape index (κ3) is 6.09. The lowest BCUT2D eigenvalue weighted by Gasteiger charge is -2.22. The molecule has 0 saturated heterocycles. The molecule has 23 heavy (non-hydrogen) atoms. The Morgan fingerprint density at radius 1 is 1.39 bits per heavy atom. The summed E-state index contributed by atoms with van der Waals surface area (Å²) in [5, 5.41) is 7.04. The van der Waals surface area contributed by atoms with E-state index in [2.05, 4.69) is 47.3 Å². The number of aromatic nitrogens is 2. The molecule has 2 rings (SSSR count). The number of nitrogens with zero attached hydrogens (tertiary/aromatic N) is 4. The number of benzene rings is 1. The predicted molar refractivity (Wildman–Crippen MR) is 105 cm³/mol. The lowest BCUT2D eigenvalue weighted by molar-refractivity contribution is 0.375. The summed E-state index contributed by atoms with van der Waals surface area (Å²) >= 11 is 3.57. The van der Waals surface area contributed by atoms with Gasteiger partial charge in [0.15, 0.2) is 11.8 Å². The molecule has 1 aromatic carbocycles. The molecule has 0 spiro atoms. The van der Waals surface area contributed by atoms with Crippen molar-refractivity contribution in [3.8, 4) is 0 Å². The van der Waals surface area contributed by atoms with Crippen molar-refractivity contribution in [1.82, 2.24) is 20.4 Å². The van der Waals surface area contributed by atoms with Gasteiger partial charge in [-0.25, -0.2) is 4.99 Å².